The van der Waals surface area contributed by atoms with Gasteiger partial charge >= 0.3 is 0 Å². The Hall–Kier alpha value is 0.0700. The maximum absolute atomic E-state index is 11.0. The third kappa shape index (κ3) is 6.76. The van der Waals surface area contributed by atoms with Gasteiger partial charge in [0.1, 0.15) is 0 Å². The highest BCUT2D eigenvalue weighted by atomic mass is 35.5. The molecule has 0 aromatic heterocycles. The predicted octanol–water partition coefficient (Wildman–Crippen LogP) is 0.625. The highest BCUT2D eigenvalue weighted by Crippen LogP contribution is 1.99. The summed E-state index contributed by atoms with van der Waals surface area (Å²) in [7, 11) is 0. The molecule has 0 aliphatic carbocycles. The fourth-order valence-corrected chi connectivity index (χ4v) is 1.27. The van der Waals surface area contributed by atoms with Crippen molar-refractivity contribution in [2.75, 3.05) is 18.1 Å². The molecule has 0 rings (SSSR count). The van der Waals surface area contributed by atoms with Crippen molar-refractivity contribution in [3.63, 3.8) is 0 Å². The van der Waals surface area contributed by atoms with Crippen molar-refractivity contribution in [1.29, 1.82) is 0 Å². The van der Waals surface area contributed by atoms with Crippen molar-refractivity contribution < 1.29 is 4.79 Å². The fourth-order valence-electron chi connectivity index (χ4n) is 0.626. The highest BCUT2D eigenvalue weighted by Gasteiger charge is 2.10. The van der Waals surface area contributed by atoms with E-state index in [0.717, 1.165) is 5.75 Å². The number of nitrogens with two attached hydrogens (primary N) is 1. The number of hydrogen-bond acceptors (Lipinski definition) is 3. The summed E-state index contributed by atoms with van der Waals surface area (Å²) in [6.45, 7) is 4.59. The first-order valence-electron chi connectivity index (χ1n) is 3.83. The highest BCUT2D eigenvalue weighted by molar-refractivity contribution is 7.99. The van der Waals surface area contributed by atoms with Gasteiger partial charge in [-0.15, -0.1) is 12.4 Å². The van der Waals surface area contributed by atoms with Gasteiger partial charge in [-0.2, -0.15) is 11.8 Å². The van der Waals surface area contributed by atoms with E-state index in [0.29, 0.717) is 12.3 Å². The van der Waals surface area contributed by atoms with Gasteiger partial charge in [-0.1, -0.05) is 6.92 Å². The number of halogens is 1. The van der Waals surface area contributed by atoms with E-state index in [9.17, 15) is 4.79 Å². The van der Waals surface area contributed by atoms with E-state index in [-0.39, 0.29) is 24.4 Å². The molecule has 3 N–H and O–H groups in total. The topological polar surface area (TPSA) is 55.1 Å². The van der Waals surface area contributed by atoms with Gasteiger partial charge in [-0.05, 0) is 12.7 Å². The number of carbonyl (C=O) groups is 1. The van der Waals surface area contributed by atoms with Gasteiger partial charge in [0, 0.05) is 12.3 Å². The van der Waals surface area contributed by atoms with Crippen molar-refractivity contribution in [2.24, 2.45) is 5.73 Å². The van der Waals surface area contributed by atoms with Crippen LogP contribution in [0.15, 0.2) is 0 Å². The first-order valence-corrected chi connectivity index (χ1v) is 4.98. The van der Waals surface area contributed by atoms with E-state index in [2.05, 4.69) is 12.2 Å². The van der Waals surface area contributed by atoms with Crippen LogP contribution in [0, 0.1) is 0 Å². The summed E-state index contributed by atoms with van der Waals surface area (Å²) >= 11 is 1.68. The minimum Gasteiger partial charge on any atom is -0.355 e. The molecule has 0 spiro atoms. The van der Waals surface area contributed by atoms with Crippen LogP contribution in [0.25, 0.3) is 0 Å². The van der Waals surface area contributed by atoms with E-state index in [1.807, 2.05) is 6.92 Å². The zero-order chi connectivity index (χ0) is 8.69. The maximum atomic E-state index is 11.0. The SMILES string of the molecule is CCNC(=O)[C@@H](N)CSCC.Cl. The van der Waals surface area contributed by atoms with Gasteiger partial charge in [0.15, 0.2) is 0 Å². The number of amides is 1. The van der Waals surface area contributed by atoms with E-state index in [1.54, 1.807) is 11.8 Å². The molecular weight excluding hydrogens is 196 g/mol. The Labute approximate surface area is 84.3 Å². The van der Waals surface area contributed by atoms with Crippen molar-refractivity contribution in [3.8, 4) is 0 Å². The lowest BCUT2D eigenvalue weighted by molar-refractivity contribution is -0.121. The zero-order valence-electron chi connectivity index (χ0n) is 7.50. The predicted molar refractivity (Wildman–Crippen MR) is 56.9 cm³/mol. The van der Waals surface area contributed by atoms with E-state index in [4.69, 9.17) is 5.73 Å². The van der Waals surface area contributed by atoms with Crippen LogP contribution in [0.3, 0.4) is 0 Å². The van der Waals surface area contributed by atoms with E-state index < -0.39 is 0 Å². The van der Waals surface area contributed by atoms with Gasteiger partial charge in [0.2, 0.25) is 5.91 Å². The fraction of sp³-hybridized carbons (Fsp3) is 0.857. The van der Waals surface area contributed by atoms with Gasteiger partial charge in [-0.3, -0.25) is 4.79 Å². The summed E-state index contributed by atoms with van der Waals surface area (Å²) in [6, 6.07) is -0.347. The number of hydrogen-bond donors (Lipinski definition) is 2. The summed E-state index contributed by atoms with van der Waals surface area (Å²) in [4.78, 5) is 11.0. The molecule has 0 aliphatic heterocycles. The third-order valence-electron chi connectivity index (χ3n) is 1.19. The van der Waals surface area contributed by atoms with Crippen LogP contribution in [0.1, 0.15) is 13.8 Å². The van der Waals surface area contributed by atoms with Gasteiger partial charge < -0.3 is 11.1 Å². The summed E-state index contributed by atoms with van der Waals surface area (Å²) in [5, 5.41) is 2.68. The van der Waals surface area contributed by atoms with Crippen LogP contribution in [0.2, 0.25) is 0 Å². The molecule has 0 saturated carbocycles. The van der Waals surface area contributed by atoms with Crippen LogP contribution in [0.4, 0.5) is 0 Å². The van der Waals surface area contributed by atoms with Crippen LogP contribution < -0.4 is 11.1 Å². The monoisotopic (exact) mass is 212 g/mol. The average Bonchev–Trinajstić information content (AvgIpc) is 2.00. The number of thioether (sulfide) groups is 1. The lowest BCUT2D eigenvalue weighted by Gasteiger charge is -2.09. The summed E-state index contributed by atoms with van der Waals surface area (Å²) in [5.41, 5.74) is 5.56. The molecule has 74 valence electrons. The number of rotatable bonds is 5. The first kappa shape index (κ1) is 14.6. The Balaban J connectivity index is 0. The van der Waals surface area contributed by atoms with Crippen LogP contribution in [-0.4, -0.2) is 30.0 Å². The molecule has 1 amide bonds. The van der Waals surface area contributed by atoms with Gasteiger partial charge in [-0.25, -0.2) is 0 Å². The Morgan fingerprint density at radius 1 is 1.58 bits per heavy atom. The summed E-state index contributed by atoms with van der Waals surface area (Å²) in [5.74, 6) is 1.67. The second kappa shape index (κ2) is 9.16. The number of carbonyl (C=O) groups excluding carboxylic acids is 1. The molecule has 0 saturated heterocycles. The molecule has 3 nitrogen and oxygen atoms in total. The Morgan fingerprint density at radius 2 is 2.17 bits per heavy atom. The van der Waals surface area contributed by atoms with Crippen molar-refractivity contribution in [3.05, 3.63) is 0 Å². The third-order valence-corrected chi connectivity index (χ3v) is 2.19. The largest absolute Gasteiger partial charge is 0.355 e. The smallest absolute Gasteiger partial charge is 0.237 e. The summed E-state index contributed by atoms with van der Waals surface area (Å²) < 4.78 is 0. The lowest BCUT2D eigenvalue weighted by Crippen LogP contribution is -2.42. The standard InChI is InChI=1S/C7H16N2OS.ClH/c1-3-9-7(10)6(8)5-11-4-2;/h6H,3-5,8H2,1-2H3,(H,9,10);1H/t6-;/m0./s1. The molecule has 5 heteroatoms. The minimum atomic E-state index is -0.347. The van der Waals surface area contributed by atoms with Crippen LogP contribution in [-0.2, 0) is 4.79 Å². The Kier molecular flexibility index (Phi) is 11.1. The number of likely N-dealkylation sites (N-methyl/N-ethyl adjacent to an activating group) is 1. The summed E-state index contributed by atoms with van der Waals surface area (Å²) in [6.07, 6.45) is 0. The van der Waals surface area contributed by atoms with E-state index >= 15 is 0 Å². The molecule has 1 atom stereocenters. The quantitative estimate of drug-likeness (QED) is 0.703. The molecule has 0 aliphatic rings. The molecule has 0 bridgehead atoms. The van der Waals surface area contributed by atoms with Crippen molar-refractivity contribution in [2.45, 2.75) is 19.9 Å². The second-order valence-corrected chi connectivity index (χ2v) is 3.48. The second-order valence-electron chi connectivity index (χ2n) is 2.16. The zero-order valence-corrected chi connectivity index (χ0v) is 9.13. The maximum Gasteiger partial charge on any atom is 0.237 e. The van der Waals surface area contributed by atoms with Crippen molar-refractivity contribution >= 4 is 30.1 Å². The van der Waals surface area contributed by atoms with Crippen molar-refractivity contribution in [1.82, 2.24) is 5.32 Å². The van der Waals surface area contributed by atoms with Gasteiger partial charge in [0.05, 0.1) is 6.04 Å². The van der Waals surface area contributed by atoms with Crippen LogP contribution >= 0.6 is 24.2 Å². The lowest BCUT2D eigenvalue weighted by atomic mass is 10.3. The molecule has 12 heavy (non-hydrogen) atoms. The molecule has 0 unspecified atom stereocenters. The Morgan fingerprint density at radius 3 is 2.58 bits per heavy atom. The molecule has 0 aromatic carbocycles. The van der Waals surface area contributed by atoms with Gasteiger partial charge in [0.25, 0.3) is 0 Å². The molecule has 0 fully saturated rings. The molecular formula is C7H17ClN2OS. The molecule has 0 radical (unpaired) electrons. The van der Waals surface area contributed by atoms with E-state index in [1.165, 1.54) is 0 Å². The Bertz CT molecular complexity index is 124. The molecule has 0 heterocycles. The average molecular weight is 213 g/mol. The van der Waals surface area contributed by atoms with Crippen LogP contribution in [0.5, 0.6) is 0 Å². The number of nitrogens with one attached hydrogen (secondary N) is 1. The normalized spacial score (nSPS) is 11.6. The first-order chi connectivity index (χ1) is 5.22. The molecule has 0 aromatic rings. The minimum absolute atomic E-state index is 0.